The Kier molecular flexibility index (Phi) is 4.19. The molecule has 6 heteroatoms. The van der Waals surface area contributed by atoms with Crippen LogP contribution in [0.4, 0.5) is 5.82 Å². The van der Waals surface area contributed by atoms with Crippen molar-refractivity contribution in [2.45, 2.75) is 45.2 Å². The Morgan fingerprint density at radius 1 is 1.53 bits per heavy atom. The van der Waals surface area contributed by atoms with Crippen molar-refractivity contribution < 1.29 is 9.90 Å². The third-order valence-electron chi connectivity index (χ3n) is 3.66. The number of carboxylic acid groups (broad SMARTS) is 1. The molecule has 1 aromatic rings. The molecule has 0 aromatic carbocycles. The quantitative estimate of drug-likeness (QED) is 0.857. The molecule has 2 atom stereocenters. The zero-order valence-electron chi connectivity index (χ0n) is 11.0. The second-order valence-electron chi connectivity index (χ2n) is 4.85. The summed E-state index contributed by atoms with van der Waals surface area (Å²) in [6.45, 7) is 2.45. The number of nitrogens with zero attached hydrogens (tertiary/aromatic N) is 2. The third-order valence-corrected chi connectivity index (χ3v) is 3.66. The van der Waals surface area contributed by atoms with Gasteiger partial charge in [-0.3, -0.25) is 9.59 Å². The molecular weight excluding hydrogens is 246 g/mol. The van der Waals surface area contributed by atoms with Gasteiger partial charge in [0.25, 0.3) is 5.56 Å². The average Bonchev–Trinajstić information content (AvgIpc) is 2.41. The van der Waals surface area contributed by atoms with Crippen LogP contribution in [-0.4, -0.2) is 26.7 Å². The fourth-order valence-corrected chi connectivity index (χ4v) is 2.57. The summed E-state index contributed by atoms with van der Waals surface area (Å²) in [5, 5.41) is 12.2. The van der Waals surface area contributed by atoms with Crippen molar-refractivity contribution in [2.24, 2.45) is 5.92 Å². The van der Waals surface area contributed by atoms with Crippen LogP contribution in [0, 0.1) is 5.92 Å². The average molecular weight is 265 g/mol. The number of hydrogen-bond donors (Lipinski definition) is 2. The summed E-state index contributed by atoms with van der Waals surface area (Å²) < 4.78 is 1.55. The second-order valence-corrected chi connectivity index (χ2v) is 4.85. The van der Waals surface area contributed by atoms with Crippen LogP contribution in [0.5, 0.6) is 0 Å². The van der Waals surface area contributed by atoms with E-state index in [2.05, 4.69) is 10.3 Å². The number of carboxylic acids is 1. The van der Waals surface area contributed by atoms with E-state index in [0.29, 0.717) is 13.0 Å². The van der Waals surface area contributed by atoms with Crippen LogP contribution in [0.2, 0.25) is 0 Å². The smallest absolute Gasteiger partial charge is 0.308 e. The number of nitrogens with one attached hydrogen (secondary N) is 1. The van der Waals surface area contributed by atoms with E-state index in [1.54, 1.807) is 17.0 Å². The molecule has 0 amide bonds. The monoisotopic (exact) mass is 265 g/mol. The first-order valence-electron chi connectivity index (χ1n) is 6.68. The molecule has 1 aliphatic carbocycles. The normalized spacial score (nSPS) is 23.0. The zero-order valence-corrected chi connectivity index (χ0v) is 11.0. The summed E-state index contributed by atoms with van der Waals surface area (Å²) in [5.74, 6) is -0.989. The van der Waals surface area contributed by atoms with Crippen LogP contribution in [0.3, 0.4) is 0 Å². The van der Waals surface area contributed by atoms with Crippen LogP contribution in [0.15, 0.2) is 17.2 Å². The largest absolute Gasteiger partial charge is 0.481 e. The fourth-order valence-electron chi connectivity index (χ4n) is 2.57. The maximum absolute atomic E-state index is 12.0. The van der Waals surface area contributed by atoms with Gasteiger partial charge in [-0.25, -0.2) is 4.98 Å². The highest BCUT2D eigenvalue weighted by Gasteiger charge is 2.31. The first-order chi connectivity index (χ1) is 9.13. The first kappa shape index (κ1) is 13.6. The van der Waals surface area contributed by atoms with Gasteiger partial charge >= 0.3 is 5.97 Å². The summed E-state index contributed by atoms with van der Waals surface area (Å²) >= 11 is 0. The van der Waals surface area contributed by atoms with Gasteiger partial charge in [-0.15, -0.1) is 0 Å². The Hall–Kier alpha value is -1.85. The van der Waals surface area contributed by atoms with E-state index in [1.165, 1.54) is 0 Å². The van der Waals surface area contributed by atoms with Gasteiger partial charge in [0, 0.05) is 25.0 Å². The highest BCUT2D eigenvalue weighted by molar-refractivity contribution is 5.71. The lowest BCUT2D eigenvalue weighted by atomic mass is 9.84. The van der Waals surface area contributed by atoms with Crippen LogP contribution in [-0.2, 0) is 11.3 Å². The predicted molar refractivity (Wildman–Crippen MR) is 71.2 cm³/mol. The van der Waals surface area contributed by atoms with Gasteiger partial charge in [0.15, 0.2) is 5.82 Å². The van der Waals surface area contributed by atoms with Gasteiger partial charge < -0.3 is 15.0 Å². The number of anilines is 1. The van der Waals surface area contributed by atoms with E-state index >= 15 is 0 Å². The number of hydrogen-bond acceptors (Lipinski definition) is 4. The molecule has 0 spiro atoms. The van der Waals surface area contributed by atoms with Gasteiger partial charge in [-0.2, -0.15) is 0 Å². The lowest BCUT2D eigenvalue weighted by molar-refractivity contribution is -0.143. The van der Waals surface area contributed by atoms with Crippen molar-refractivity contribution in [1.82, 2.24) is 9.55 Å². The van der Waals surface area contributed by atoms with Gasteiger partial charge in [0.05, 0.1) is 5.92 Å². The van der Waals surface area contributed by atoms with Crippen LogP contribution >= 0.6 is 0 Å². The Labute approximate surface area is 111 Å². The Morgan fingerprint density at radius 3 is 2.95 bits per heavy atom. The van der Waals surface area contributed by atoms with Crippen molar-refractivity contribution in [3.05, 3.63) is 22.7 Å². The van der Waals surface area contributed by atoms with E-state index in [4.69, 9.17) is 0 Å². The van der Waals surface area contributed by atoms with Crippen LogP contribution in [0.25, 0.3) is 0 Å². The molecule has 0 radical (unpaired) electrons. The molecule has 1 heterocycles. The highest BCUT2D eigenvalue weighted by Crippen LogP contribution is 2.26. The number of aryl methyl sites for hydroxylation is 1. The minimum atomic E-state index is -0.802. The molecule has 19 heavy (non-hydrogen) atoms. The predicted octanol–water partition coefficient (Wildman–Crippen LogP) is 1.32. The van der Waals surface area contributed by atoms with Crippen molar-refractivity contribution in [3.8, 4) is 0 Å². The maximum atomic E-state index is 12.0. The summed E-state index contributed by atoms with van der Waals surface area (Å²) in [6.07, 6.45) is 6.52. The molecule has 0 aliphatic heterocycles. The van der Waals surface area contributed by atoms with E-state index in [-0.39, 0.29) is 17.4 Å². The van der Waals surface area contributed by atoms with Crippen LogP contribution in [0.1, 0.15) is 32.6 Å². The summed E-state index contributed by atoms with van der Waals surface area (Å²) in [6, 6.07) is -0.209. The molecule has 0 bridgehead atoms. The molecule has 1 saturated carbocycles. The molecular formula is C13H19N3O3. The third kappa shape index (κ3) is 2.94. The van der Waals surface area contributed by atoms with Crippen LogP contribution < -0.4 is 10.9 Å². The lowest BCUT2D eigenvalue weighted by Crippen LogP contribution is -2.39. The number of carbonyl (C=O) groups is 1. The standard InChI is InChI=1S/C13H19N3O3/c1-2-16-8-7-14-11(12(16)17)15-10-6-4-3-5-9(10)13(18)19/h7-10H,2-6H2,1H3,(H,14,15)(H,18,19). The summed E-state index contributed by atoms with van der Waals surface area (Å²) in [7, 11) is 0. The van der Waals surface area contributed by atoms with Gasteiger partial charge in [0.2, 0.25) is 0 Å². The molecule has 1 aromatic heterocycles. The molecule has 1 fully saturated rings. The first-order valence-corrected chi connectivity index (χ1v) is 6.68. The molecule has 0 saturated heterocycles. The fraction of sp³-hybridized carbons (Fsp3) is 0.615. The Balaban J connectivity index is 2.20. The van der Waals surface area contributed by atoms with E-state index in [1.807, 2.05) is 6.92 Å². The van der Waals surface area contributed by atoms with Gasteiger partial charge in [-0.05, 0) is 19.8 Å². The minimum Gasteiger partial charge on any atom is -0.481 e. The van der Waals surface area contributed by atoms with Crippen molar-refractivity contribution in [2.75, 3.05) is 5.32 Å². The SMILES string of the molecule is CCn1ccnc(NC2CCCCC2C(=O)O)c1=O. The van der Waals surface area contributed by atoms with Crippen molar-refractivity contribution in [1.29, 1.82) is 0 Å². The number of aromatic nitrogens is 2. The molecule has 104 valence electrons. The molecule has 6 nitrogen and oxygen atoms in total. The van der Waals surface area contributed by atoms with Gasteiger partial charge in [-0.1, -0.05) is 12.8 Å². The lowest BCUT2D eigenvalue weighted by Gasteiger charge is -2.29. The summed E-state index contributed by atoms with van der Waals surface area (Å²) in [4.78, 5) is 27.3. The molecule has 1 aliphatic rings. The number of aliphatic carboxylic acids is 1. The highest BCUT2D eigenvalue weighted by atomic mass is 16.4. The zero-order chi connectivity index (χ0) is 13.8. The molecule has 2 rings (SSSR count). The Bertz CT molecular complexity index is 512. The van der Waals surface area contributed by atoms with E-state index in [9.17, 15) is 14.7 Å². The summed E-state index contributed by atoms with van der Waals surface area (Å²) in [5.41, 5.74) is -0.195. The van der Waals surface area contributed by atoms with Gasteiger partial charge in [0.1, 0.15) is 0 Å². The number of rotatable bonds is 4. The van der Waals surface area contributed by atoms with E-state index in [0.717, 1.165) is 19.3 Å². The second kappa shape index (κ2) is 5.86. The minimum absolute atomic E-state index is 0.195. The van der Waals surface area contributed by atoms with Crippen molar-refractivity contribution in [3.63, 3.8) is 0 Å². The Morgan fingerprint density at radius 2 is 2.26 bits per heavy atom. The van der Waals surface area contributed by atoms with Crippen molar-refractivity contribution >= 4 is 11.8 Å². The maximum Gasteiger partial charge on any atom is 0.308 e. The van der Waals surface area contributed by atoms with E-state index < -0.39 is 11.9 Å². The molecule has 2 unspecified atom stereocenters. The topological polar surface area (TPSA) is 84.2 Å². The molecule has 2 N–H and O–H groups in total.